The standard InChI is InChI=1S/C23H25ClN4O4S/c24-18-8-5-16(6-9-18)13-28-14-17(20-3-1-2-4-21(20)28)7-10-22(29)26-27-23(30)25-19-11-12-33(31,32)15-19/h1-6,8-9,14,19H,7,10-13,15H2,(H,26,29)(H2,25,27,30)/t19-/m0/s1. The Hall–Kier alpha value is -3.04. The predicted octanol–water partition coefficient (Wildman–Crippen LogP) is 2.79. The average molecular weight is 489 g/mol. The van der Waals surface area contributed by atoms with E-state index in [2.05, 4.69) is 20.7 Å². The van der Waals surface area contributed by atoms with E-state index in [1.54, 1.807) is 0 Å². The maximum absolute atomic E-state index is 12.3. The SMILES string of the molecule is O=C(CCc1cn(Cc2ccc(Cl)cc2)c2ccccc12)NNC(=O)N[C@H]1CCS(=O)(=O)C1. The molecule has 0 unspecified atom stereocenters. The number of amides is 3. The van der Waals surface area contributed by atoms with Gasteiger partial charge in [-0.2, -0.15) is 0 Å². The van der Waals surface area contributed by atoms with E-state index < -0.39 is 21.9 Å². The molecule has 1 aliphatic rings. The van der Waals surface area contributed by atoms with Gasteiger partial charge in [-0.1, -0.05) is 41.9 Å². The summed E-state index contributed by atoms with van der Waals surface area (Å²) in [6, 6.07) is 14.7. The van der Waals surface area contributed by atoms with Gasteiger partial charge in [0.15, 0.2) is 9.84 Å². The summed E-state index contributed by atoms with van der Waals surface area (Å²) in [5, 5.41) is 4.33. The van der Waals surface area contributed by atoms with Crippen LogP contribution >= 0.6 is 11.6 Å². The molecule has 0 saturated carbocycles. The monoisotopic (exact) mass is 488 g/mol. The van der Waals surface area contributed by atoms with E-state index in [0.29, 0.717) is 24.4 Å². The predicted molar refractivity (Wildman–Crippen MR) is 128 cm³/mol. The van der Waals surface area contributed by atoms with Gasteiger partial charge in [-0.25, -0.2) is 18.6 Å². The van der Waals surface area contributed by atoms with Crippen molar-refractivity contribution in [1.29, 1.82) is 0 Å². The summed E-state index contributed by atoms with van der Waals surface area (Å²) in [5.74, 6) is -0.344. The Bertz CT molecular complexity index is 1270. The number of hydrogen-bond donors (Lipinski definition) is 3. The van der Waals surface area contributed by atoms with E-state index in [1.807, 2.05) is 54.7 Å². The number of hydrazine groups is 1. The number of fused-ring (bicyclic) bond motifs is 1. The highest BCUT2D eigenvalue weighted by atomic mass is 35.5. The molecule has 8 nitrogen and oxygen atoms in total. The number of benzene rings is 2. The maximum atomic E-state index is 12.3. The minimum absolute atomic E-state index is 0.0654. The number of sulfone groups is 1. The number of aryl methyl sites for hydroxylation is 1. The lowest BCUT2D eigenvalue weighted by atomic mass is 10.1. The van der Waals surface area contributed by atoms with Crippen LogP contribution in [0.15, 0.2) is 54.7 Å². The molecule has 1 aliphatic heterocycles. The highest BCUT2D eigenvalue weighted by molar-refractivity contribution is 7.91. The van der Waals surface area contributed by atoms with Crippen LogP contribution in [0.2, 0.25) is 5.02 Å². The molecule has 4 rings (SSSR count). The number of urea groups is 1. The maximum Gasteiger partial charge on any atom is 0.333 e. The highest BCUT2D eigenvalue weighted by Crippen LogP contribution is 2.24. The third kappa shape index (κ3) is 6.06. The Balaban J connectivity index is 1.32. The third-order valence-corrected chi connectivity index (χ3v) is 7.66. The van der Waals surface area contributed by atoms with Gasteiger partial charge in [-0.05, 0) is 42.2 Å². The van der Waals surface area contributed by atoms with E-state index in [1.165, 1.54) is 0 Å². The fourth-order valence-electron chi connectivity index (χ4n) is 4.01. The van der Waals surface area contributed by atoms with Gasteiger partial charge in [0, 0.05) is 41.1 Å². The van der Waals surface area contributed by atoms with Crippen LogP contribution in [0.3, 0.4) is 0 Å². The molecule has 0 bridgehead atoms. The highest BCUT2D eigenvalue weighted by Gasteiger charge is 2.28. The first-order valence-corrected chi connectivity index (χ1v) is 12.9. The van der Waals surface area contributed by atoms with Crippen LogP contribution in [0, 0.1) is 0 Å². The first kappa shape index (κ1) is 23.1. The van der Waals surface area contributed by atoms with Crippen molar-refractivity contribution < 1.29 is 18.0 Å². The summed E-state index contributed by atoms with van der Waals surface area (Å²) in [5.41, 5.74) is 7.90. The number of aromatic nitrogens is 1. The Morgan fingerprint density at radius 1 is 1.06 bits per heavy atom. The summed E-state index contributed by atoms with van der Waals surface area (Å²) in [6.07, 6.45) is 3.12. The van der Waals surface area contributed by atoms with Gasteiger partial charge in [0.1, 0.15) is 0 Å². The largest absolute Gasteiger partial charge is 0.343 e. The minimum atomic E-state index is -3.09. The molecular formula is C23H25ClN4O4S. The number of nitrogens with one attached hydrogen (secondary N) is 3. The zero-order chi connectivity index (χ0) is 23.4. The van der Waals surface area contributed by atoms with E-state index in [4.69, 9.17) is 11.6 Å². The van der Waals surface area contributed by atoms with Crippen molar-refractivity contribution in [2.75, 3.05) is 11.5 Å². The second kappa shape index (κ2) is 9.84. The molecule has 3 aromatic rings. The molecule has 0 spiro atoms. The second-order valence-electron chi connectivity index (χ2n) is 8.17. The van der Waals surface area contributed by atoms with Crippen LogP contribution in [0.1, 0.15) is 24.0 Å². The third-order valence-electron chi connectivity index (χ3n) is 5.64. The second-order valence-corrected chi connectivity index (χ2v) is 10.8. The number of para-hydroxylation sites is 1. The summed E-state index contributed by atoms with van der Waals surface area (Å²) < 4.78 is 25.1. The fraction of sp³-hybridized carbons (Fsp3) is 0.304. The number of halogens is 1. The molecular weight excluding hydrogens is 464 g/mol. The van der Waals surface area contributed by atoms with Crippen molar-refractivity contribution in [2.45, 2.75) is 31.8 Å². The molecule has 10 heteroatoms. The van der Waals surface area contributed by atoms with Gasteiger partial charge in [-0.3, -0.25) is 10.2 Å². The molecule has 1 atom stereocenters. The molecule has 2 aromatic carbocycles. The first-order valence-electron chi connectivity index (χ1n) is 10.7. The normalized spacial score (nSPS) is 17.1. The first-order chi connectivity index (χ1) is 15.8. The summed E-state index contributed by atoms with van der Waals surface area (Å²) >= 11 is 5.98. The topological polar surface area (TPSA) is 109 Å². The number of carbonyl (C=O) groups excluding carboxylic acids is 2. The summed E-state index contributed by atoms with van der Waals surface area (Å²) in [4.78, 5) is 24.2. The van der Waals surface area contributed by atoms with Crippen LogP contribution in [0.4, 0.5) is 4.79 Å². The van der Waals surface area contributed by atoms with E-state index in [0.717, 1.165) is 22.0 Å². The van der Waals surface area contributed by atoms with Crippen molar-refractivity contribution in [2.24, 2.45) is 0 Å². The Kier molecular flexibility index (Phi) is 6.90. The van der Waals surface area contributed by atoms with Crippen molar-refractivity contribution in [3.8, 4) is 0 Å². The van der Waals surface area contributed by atoms with Crippen molar-refractivity contribution in [1.82, 2.24) is 20.7 Å². The van der Waals surface area contributed by atoms with Crippen LogP contribution in [-0.4, -0.2) is 42.5 Å². The van der Waals surface area contributed by atoms with E-state index in [9.17, 15) is 18.0 Å². The molecule has 33 heavy (non-hydrogen) atoms. The molecule has 0 aliphatic carbocycles. The van der Waals surface area contributed by atoms with Crippen LogP contribution in [0.25, 0.3) is 10.9 Å². The van der Waals surface area contributed by atoms with Crippen molar-refractivity contribution in [3.05, 3.63) is 70.9 Å². The van der Waals surface area contributed by atoms with Crippen LogP contribution in [-0.2, 0) is 27.6 Å². The molecule has 1 aromatic heterocycles. The van der Waals surface area contributed by atoms with Crippen LogP contribution in [0.5, 0.6) is 0 Å². The number of carbonyl (C=O) groups is 2. The number of nitrogens with zero attached hydrogens (tertiary/aromatic N) is 1. The van der Waals surface area contributed by atoms with Crippen molar-refractivity contribution in [3.63, 3.8) is 0 Å². The van der Waals surface area contributed by atoms with Gasteiger partial charge in [0.2, 0.25) is 5.91 Å². The van der Waals surface area contributed by atoms with Gasteiger partial charge in [-0.15, -0.1) is 0 Å². The molecule has 174 valence electrons. The zero-order valence-electron chi connectivity index (χ0n) is 17.9. The van der Waals surface area contributed by atoms with Gasteiger partial charge >= 0.3 is 6.03 Å². The number of rotatable bonds is 6. The molecule has 2 heterocycles. The smallest absolute Gasteiger partial charge is 0.333 e. The molecule has 3 amide bonds. The summed E-state index contributed by atoms with van der Waals surface area (Å²) in [6.45, 7) is 0.683. The van der Waals surface area contributed by atoms with Crippen molar-refractivity contribution >= 4 is 44.3 Å². The van der Waals surface area contributed by atoms with Gasteiger partial charge in [0.25, 0.3) is 0 Å². The van der Waals surface area contributed by atoms with Crippen LogP contribution < -0.4 is 16.2 Å². The quantitative estimate of drug-likeness (QED) is 0.463. The van der Waals surface area contributed by atoms with E-state index >= 15 is 0 Å². The lowest BCUT2D eigenvalue weighted by Crippen LogP contribution is -2.50. The Labute approximate surface area is 197 Å². The minimum Gasteiger partial charge on any atom is -0.343 e. The van der Waals surface area contributed by atoms with E-state index in [-0.39, 0.29) is 23.8 Å². The van der Waals surface area contributed by atoms with Gasteiger partial charge < -0.3 is 9.88 Å². The zero-order valence-corrected chi connectivity index (χ0v) is 19.5. The molecule has 1 fully saturated rings. The lowest BCUT2D eigenvalue weighted by molar-refractivity contribution is -0.121. The number of hydrogen-bond acceptors (Lipinski definition) is 4. The Morgan fingerprint density at radius 3 is 2.55 bits per heavy atom. The molecule has 0 radical (unpaired) electrons. The fourth-order valence-corrected chi connectivity index (χ4v) is 5.81. The average Bonchev–Trinajstić information content (AvgIpc) is 3.31. The van der Waals surface area contributed by atoms with Gasteiger partial charge in [0.05, 0.1) is 11.5 Å². The molecule has 3 N–H and O–H groups in total. The molecule has 1 saturated heterocycles. The summed E-state index contributed by atoms with van der Waals surface area (Å²) in [7, 11) is -3.09. The lowest BCUT2D eigenvalue weighted by Gasteiger charge is -2.12. The Morgan fingerprint density at radius 2 is 1.82 bits per heavy atom.